The molecule has 22 heavy (non-hydrogen) atoms. The first kappa shape index (κ1) is 17.0. The molecule has 6 nitrogen and oxygen atoms in total. The topological polar surface area (TPSA) is 90.9 Å². The van der Waals surface area contributed by atoms with Crippen LogP contribution in [0.15, 0.2) is 17.3 Å². The van der Waals surface area contributed by atoms with E-state index in [1.165, 1.54) is 23.1 Å². The van der Waals surface area contributed by atoms with Crippen LogP contribution >= 0.6 is 34.7 Å². The quantitative estimate of drug-likeness (QED) is 0.578. The summed E-state index contributed by atoms with van der Waals surface area (Å²) in [7, 11) is 0. The van der Waals surface area contributed by atoms with Crippen molar-refractivity contribution in [1.82, 2.24) is 14.8 Å². The van der Waals surface area contributed by atoms with E-state index in [0.29, 0.717) is 33.2 Å². The highest BCUT2D eigenvalue weighted by Crippen LogP contribution is 2.25. The maximum Gasteiger partial charge on any atom is 0.217 e. The highest BCUT2D eigenvalue weighted by atomic mass is 35.5. The van der Waals surface area contributed by atoms with Gasteiger partial charge in [0.15, 0.2) is 10.9 Å². The maximum atomic E-state index is 12.1. The molecule has 1 amide bonds. The van der Waals surface area contributed by atoms with Gasteiger partial charge in [0.2, 0.25) is 5.91 Å². The van der Waals surface area contributed by atoms with Crippen LogP contribution in [-0.4, -0.2) is 32.2 Å². The van der Waals surface area contributed by atoms with Gasteiger partial charge >= 0.3 is 0 Å². The maximum absolute atomic E-state index is 12.1. The number of primary amides is 1. The number of aryl methyl sites for hydroxylation is 1. The fourth-order valence-electron chi connectivity index (χ4n) is 1.83. The molecule has 0 fully saturated rings. The van der Waals surface area contributed by atoms with Gasteiger partial charge in [-0.3, -0.25) is 9.59 Å². The van der Waals surface area contributed by atoms with E-state index >= 15 is 0 Å². The molecule has 118 valence electrons. The highest BCUT2D eigenvalue weighted by molar-refractivity contribution is 7.99. The summed E-state index contributed by atoms with van der Waals surface area (Å²) in [6, 6.07) is 3.43. The van der Waals surface area contributed by atoms with Crippen molar-refractivity contribution in [3.63, 3.8) is 0 Å². The SMILES string of the molecule is CCn1c(CCC(N)=O)nnc1SCC(=O)c1ccc(Cl)s1. The van der Waals surface area contributed by atoms with Crippen molar-refractivity contribution >= 4 is 46.4 Å². The van der Waals surface area contributed by atoms with Gasteiger partial charge in [-0.05, 0) is 19.1 Å². The second kappa shape index (κ2) is 7.75. The lowest BCUT2D eigenvalue weighted by atomic mass is 10.3. The van der Waals surface area contributed by atoms with E-state index in [1.54, 1.807) is 12.1 Å². The Morgan fingerprint density at radius 3 is 2.77 bits per heavy atom. The summed E-state index contributed by atoms with van der Waals surface area (Å²) in [5, 5.41) is 8.82. The predicted octanol–water partition coefficient (Wildman–Crippen LogP) is 2.41. The molecule has 0 unspecified atom stereocenters. The number of Topliss-reactive ketones (excluding diaryl/α,β-unsaturated/α-hetero) is 1. The molecule has 0 saturated heterocycles. The van der Waals surface area contributed by atoms with Crippen LogP contribution in [0.1, 0.15) is 28.8 Å². The lowest BCUT2D eigenvalue weighted by molar-refractivity contribution is -0.118. The zero-order chi connectivity index (χ0) is 16.1. The van der Waals surface area contributed by atoms with Crippen LogP contribution in [0.5, 0.6) is 0 Å². The Hall–Kier alpha value is -1.38. The molecule has 0 bridgehead atoms. The lowest BCUT2D eigenvalue weighted by Gasteiger charge is -2.06. The number of ketones is 1. The number of nitrogens with zero attached hydrogens (tertiary/aromatic N) is 3. The number of amides is 1. The van der Waals surface area contributed by atoms with Gasteiger partial charge in [-0.1, -0.05) is 23.4 Å². The predicted molar refractivity (Wildman–Crippen MR) is 87.6 cm³/mol. The van der Waals surface area contributed by atoms with Crippen LogP contribution in [0.3, 0.4) is 0 Å². The van der Waals surface area contributed by atoms with Gasteiger partial charge in [-0.15, -0.1) is 21.5 Å². The minimum atomic E-state index is -0.371. The molecule has 2 aromatic rings. The van der Waals surface area contributed by atoms with Crippen molar-refractivity contribution in [3.8, 4) is 0 Å². The number of carbonyl (C=O) groups excluding carboxylic acids is 2. The number of aromatic nitrogens is 3. The number of nitrogens with two attached hydrogens (primary N) is 1. The summed E-state index contributed by atoms with van der Waals surface area (Å²) in [6.07, 6.45) is 0.681. The monoisotopic (exact) mass is 358 g/mol. The zero-order valence-corrected chi connectivity index (χ0v) is 14.3. The van der Waals surface area contributed by atoms with Crippen LogP contribution in [-0.2, 0) is 17.8 Å². The third-order valence-electron chi connectivity index (χ3n) is 2.89. The van der Waals surface area contributed by atoms with Crippen LogP contribution in [0, 0.1) is 0 Å². The molecule has 0 radical (unpaired) electrons. The summed E-state index contributed by atoms with van der Waals surface area (Å²) in [5.41, 5.74) is 5.15. The minimum absolute atomic E-state index is 0.00578. The van der Waals surface area contributed by atoms with Crippen molar-refractivity contribution in [2.75, 3.05) is 5.75 Å². The normalized spacial score (nSPS) is 10.8. The third-order valence-corrected chi connectivity index (χ3v) is 5.12. The molecular formula is C13H15ClN4O2S2. The number of thiophene rings is 1. The first-order valence-electron chi connectivity index (χ1n) is 6.63. The molecule has 0 saturated carbocycles. The average molecular weight is 359 g/mol. The number of halogens is 1. The first-order chi connectivity index (χ1) is 10.5. The molecule has 0 aliphatic rings. The van der Waals surface area contributed by atoms with E-state index in [4.69, 9.17) is 17.3 Å². The summed E-state index contributed by atoms with van der Waals surface area (Å²) in [4.78, 5) is 23.6. The largest absolute Gasteiger partial charge is 0.370 e. The van der Waals surface area contributed by atoms with Gasteiger partial charge in [0.05, 0.1) is 15.0 Å². The van der Waals surface area contributed by atoms with E-state index in [9.17, 15) is 9.59 Å². The Morgan fingerprint density at radius 1 is 1.41 bits per heavy atom. The van der Waals surface area contributed by atoms with Crippen LogP contribution in [0.25, 0.3) is 0 Å². The Kier molecular flexibility index (Phi) is 5.98. The second-order valence-electron chi connectivity index (χ2n) is 4.42. The summed E-state index contributed by atoms with van der Waals surface area (Å²) < 4.78 is 2.49. The van der Waals surface area contributed by atoms with Gasteiger partial charge in [0.25, 0.3) is 0 Å². The van der Waals surface area contributed by atoms with E-state index < -0.39 is 0 Å². The standard InChI is InChI=1S/C13H15ClN4O2S2/c1-2-18-12(6-5-11(15)20)16-17-13(18)21-7-8(19)9-3-4-10(14)22-9/h3-4H,2,5-7H2,1H3,(H2,15,20). The number of hydrogen-bond donors (Lipinski definition) is 1. The highest BCUT2D eigenvalue weighted by Gasteiger charge is 2.15. The number of hydrogen-bond acceptors (Lipinski definition) is 6. The molecule has 9 heteroatoms. The van der Waals surface area contributed by atoms with Crippen molar-refractivity contribution in [2.24, 2.45) is 5.73 Å². The summed E-state index contributed by atoms with van der Waals surface area (Å²) >= 11 is 8.42. The van der Waals surface area contributed by atoms with E-state index in [2.05, 4.69) is 10.2 Å². The summed E-state index contributed by atoms with van der Waals surface area (Å²) in [5.74, 6) is 0.608. The van der Waals surface area contributed by atoms with Crippen LogP contribution in [0.2, 0.25) is 4.34 Å². The number of carbonyl (C=O) groups is 2. The van der Waals surface area contributed by atoms with Crippen molar-refractivity contribution in [2.45, 2.75) is 31.5 Å². The fourth-order valence-corrected chi connectivity index (χ4v) is 3.81. The first-order valence-corrected chi connectivity index (χ1v) is 8.81. The van der Waals surface area contributed by atoms with Crippen molar-refractivity contribution in [1.29, 1.82) is 0 Å². The third kappa shape index (κ3) is 4.31. The Bertz CT molecular complexity index is 683. The van der Waals surface area contributed by atoms with Gasteiger partial charge in [0.1, 0.15) is 5.82 Å². The Morgan fingerprint density at radius 2 is 2.18 bits per heavy atom. The molecular weight excluding hydrogens is 344 g/mol. The van der Waals surface area contributed by atoms with Crippen molar-refractivity contribution in [3.05, 3.63) is 27.2 Å². The smallest absolute Gasteiger partial charge is 0.217 e. The molecule has 0 atom stereocenters. The molecule has 2 heterocycles. The minimum Gasteiger partial charge on any atom is -0.370 e. The lowest BCUT2D eigenvalue weighted by Crippen LogP contribution is -2.13. The Balaban J connectivity index is 2.00. The van der Waals surface area contributed by atoms with Crippen molar-refractivity contribution < 1.29 is 9.59 Å². The van der Waals surface area contributed by atoms with Gasteiger partial charge in [-0.2, -0.15) is 0 Å². The Labute approximate surface area is 141 Å². The van der Waals surface area contributed by atoms with Crippen LogP contribution < -0.4 is 5.73 Å². The van der Waals surface area contributed by atoms with E-state index in [1.807, 2.05) is 11.5 Å². The molecule has 0 aliphatic heterocycles. The van der Waals surface area contributed by atoms with E-state index in [-0.39, 0.29) is 23.9 Å². The summed E-state index contributed by atoms with van der Waals surface area (Å²) in [6.45, 7) is 2.63. The second-order valence-corrected chi connectivity index (χ2v) is 7.08. The molecule has 2 aromatic heterocycles. The average Bonchev–Trinajstić information content (AvgIpc) is 3.08. The molecule has 0 spiro atoms. The number of rotatable bonds is 8. The molecule has 2 rings (SSSR count). The molecule has 0 aromatic carbocycles. The van der Waals surface area contributed by atoms with Crippen LogP contribution in [0.4, 0.5) is 0 Å². The van der Waals surface area contributed by atoms with Gasteiger partial charge in [-0.25, -0.2) is 0 Å². The van der Waals surface area contributed by atoms with E-state index in [0.717, 1.165) is 0 Å². The zero-order valence-electron chi connectivity index (χ0n) is 11.9. The molecule has 0 aliphatic carbocycles. The van der Waals surface area contributed by atoms with Gasteiger partial charge < -0.3 is 10.3 Å². The fraction of sp³-hybridized carbons (Fsp3) is 0.385. The van der Waals surface area contributed by atoms with Gasteiger partial charge in [0, 0.05) is 19.4 Å². The molecule has 2 N–H and O–H groups in total. The number of thioether (sulfide) groups is 1.